The number of nitrogen functional groups attached to an aromatic ring is 1. The minimum absolute atomic E-state index is 0.0412. The molecule has 0 radical (unpaired) electrons. The van der Waals surface area contributed by atoms with Gasteiger partial charge in [0.05, 0.1) is 12.2 Å². The molecule has 0 bridgehead atoms. The van der Waals surface area contributed by atoms with Gasteiger partial charge in [0.15, 0.2) is 5.82 Å². The van der Waals surface area contributed by atoms with Crippen LogP contribution in [0.1, 0.15) is 16.2 Å². The van der Waals surface area contributed by atoms with E-state index in [-0.39, 0.29) is 12.2 Å². The number of aromatic nitrogens is 2. The van der Waals surface area contributed by atoms with Crippen molar-refractivity contribution in [1.29, 1.82) is 0 Å². The largest absolute Gasteiger partial charge is 0.396 e. The highest BCUT2D eigenvalue weighted by atomic mass is 19.1. The normalized spacial score (nSPS) is 10.3. The Kier molecular flexibility index (Phi) is 3.22. The van der Waals surface area contributed by atoms with Crippen LogP contribution in [0.2, 0.25) is 0 Å². The zero-order valence-corrected chi connectivity index (χ0v) is 9.21. The van der Waals surface area contributed by atoms with E-state index in [1.54, 1.807) is 6.20 Å². The van der Waals surface area contributed by atoms with Gasteiger partial charge in [-0.1, -0.05) is 0 Å². The molecule has 0 spiro atoms. The average molecular weight is 252 g/mol. The maximum absolute atomic E-state index is 13.5. The number of imidazole rings is 1. The highest BCUT2D eigenvalue weighted by Gasteiger charge is 2.19. The number of anilines is 1. The SMILES string of the molecule is Nc1ccc(F)c(C(=O)NCc2ncc[nH]2)c1F. The number of nitrogens with one attached hydrogen (secondary N) is 2. The molecule has 18 heavy (non-hydrogen) atoms. The average Bonchev–Trinajstić information content (AvgIpc) is 2.85. The molecule has 5 nitrogen and oxygen atoms in total. The molecule has 2 rings (SSSR count). The van der Waals surface area contributed by atoms with Gasteiger partial charge in [-0.15, -0.1) is 0 Å². The number of hydrogen-bond donors (Lipinski definition) is 3. The predicted molar refractivity (Wildman–Crippen MR) is 60.5 cm³/mol. The van der Waals surface area contributed by atoms with Gasteiger partial charge in [0.1, 0.15) is 17.2 Å². The molecule has 0 saturated carbocycles. The Bertz CT molecular complexity index is 569. The molecule has 0 fully saturated rings. The first-order valence-electron chi connectivity index (χ1n) is 5.09. The second-order valence-electron chi connectivity index (χ2n) is 3.54. The van der Waals surface area contributed by atoms with Crippen LogP contribution in [-0.4, -0.2) is 15.9 Å². The molecule has 1 aromatic carbocycles. The van der Waals surface area contributed by atoms with Crippen LogP contribution in [0.25, 0.3) is 0 Å². The van der Waals surface area contributed by atoms with Crippen LogP contribution in [0.15, 0.2) is 24.5 Å². The number of carbonyl (C=O) groups is 1. The van der Waals surface area contributed by atoms with E-state index in [1.807, 2.05) is 0 Å². The van der Waals surface area contributed by atoms with Gasteiger partial charge in [-0.25, -0.2) is 13.8 Å². The van der Waals surface area contributed by atoms with Gasteiger partial charge in [0.25, 0.3) is 5.91 Å². The number of benzene rings is 1. The first-order valence-corrected chi connectivity index (χ1v) is 5.09. The van der Waals surface area contributed by atoms with E-state index in [0.717, 1.165) is 12.1 Å². The summed E-state index contributed by atoms with van der Waals surface area (Å²) in [5.74, 6) is -2.42. The number of carbonyl (C=O) groups excluding carboxylic acids is 1. The number of hydrogen-bond acceptors (Lipinski definition) is 3. The Morgan fingerprint density at radius 2 is 2.22 bits per heavy atom. The van der Waals surface area contributed by atoms with Crippen molar-refractivity contribution in [2.24, 2.45) is 0 Å². The highest BCUT2D eigenvalue weighted by Crippen LogP contribution is 2.18. The summed E-state index contributed by atoms with van der Waals surface area (Å²) < 4.78 is 26.9. The monoisotopic (exact) mass is 252 g/mol. The van der Waals surface area contributed by atoms with Crippen LogP contribution in [0.4, 0.5) is 14.5 Å². The number of halogens is 2. The van der Waals surface area contributed by atoms with Crippen molar-refractivity contribution in [2.45, 2.75) is 6.54 Å². The van der Waals surface area contributed by atoms with Crippen LogP contribution >= 0.6 is 0 Å². The fourth-order valence-corrected chi connectivity index (χ4v) is 1.42. The number of amides is 1. The van der Waals surface area contributed by atoms with Crippen molar-refractivity contribution >= 4 is 11.6 Å². The summed E-state index contributed by atoms with van der Waals surface area (Å²) in [5, 5.41) is 2.34. The van der Waals surface area contributed by atoms with Crippen molar-refractivity contribution < 1.29 is 13.6 Å². The minimum atomic E-state index is -1.06. The Morgan fingerprint density at radius 3 is 2.89 bits per heavy atom. The minimum Gasteiger partial charge on any atom is -0.396 e. The molecule has 1 heterocycles. The number of rotatable bonds is 3. The van der Waals surface area contributed by atoms with E-state index in [0.29, 0.717) is 5.82 Å². The molecule has 94 valence electrons. The maximum Gasteiger partial charge on any atom is 0.257 e. The van der Waals surface area contributed by atoms with Crippen molar-refractivity contribution in [1.82, 2.24) is 15.3 Å². The van der Waals surface area contributed by atoms with Crippen LogP contribution in [-0.2, 0) is 6.54 Å². The first kappa shape index (κ1) is 12.0. The third-order valence-electron chi connectivity index (χ3n) is 2.32. The highest BCUT2D eigenvalue weighted by molar-refractivity contribution is 5.95. The smallest absolute Gasteiger partial charge is 0.257 e. The topological polar surface area (TPSA) is 83.8 Å². The zero-order valence-electron chi connectivity index (χ0n) is 9.21. The lowest BCUT2D eigenvalue weighted by atomic mass is 10.1. The molecule has 0 unspecified atom stereocenters. The van der Waals surface area contributed by atoms with E-state index < -0.39 is 23.1 Å². The molecule has 7 heteroatoms. The summed E-state index contributed by atoms with van der Waals surface area (Å²) in [4.78, 5) is 18.3. The van der Waals surface area contributed by atoms with Gasteiger partial charge < -0.3 is 16.0 Å². The zero-order chi connectivity index (χ0) is 13.1. The van der Waals surface area contributed by atoms with E-state index >= 15 is 0 Å². The molecule has 0 aliphatic heterocycles. The van der Waals surface area contributed by atoms with E-state index in [4.69, 9.17) is 5.73 Å². The number of aromatic amines is 1. The molecule has 1 amide bonds. The summed E-state index contributed by atoms with van der Waals surface area (Å²) in [6.45, 7) is 0.0412. The third kappa shape index (κ3) is 2.29. The quantitative estimate of drug-likeness (QED) is 0.718. The van der Waals surface area contributed by atoms with E-state index in [1.165, 1.54) is 6.20 Å². The lowest BCUT2D eigenvalue weighted by molar-refractivity contribution is 0.0941. The van der Waals surface area contributed by atoms with Crippen molar-refractivity contribution in [3.05, 3.63) is 47.5 Å². The van der Waals surface area contributed by atoms with Crippen LogP contribution in [0.3, 0.4) is 0 Å². The van der Waals surface area contributed by atoms with Crippen molar-refractivity contribution in [3.8, 4) is 0 Å². The molecular formula is C11H10F2N4O. The predicted octanol–water partition coefficient (Wildman–Crippen LogP) is 1.20. The maximum atomic E-state index is 13.5. The van der Waals surface area contributed by atoms with Gasteiger partial charge >= 0.3 is 0 Å². The van der Waals surface area contributed by atoms with Gasteiger partial charge in [0.2, 0.25) is 0 Å². The van der Waals surface area contributed by atoms with Gasteiger partial charge in [-0.2, -0.15) is 0 Å². The number of nitrogens with two attached hydrogens (primary N) is 1. The molecule has 4 N–H and O–H groups in total. The molecule has 0 saturated heterocycles. The summed E-state index contributed by atoms with van der Waals surface area (Å²) in [5.41, 5.74) is 4.31. The van der Waals surface area contributed by atoms with Crippen LogP contribution < -0.4 is 11.1 Å². The van der Waals surface area contributed by atoms with Gasteiger partial charge in [0, 0.05) is 12.4 Å². The standard InChI is InChI=1S/C11H10F2N4O/c12-6-1-2-7(14)10(13)9(6)11(18)17-5-8-15-3-4-16-8/h1-4H,5,14H2,(H,15,16)(H,17,18). The number of H-pyrrole nitrogens is 1. The lowest BCUT2D eigenvalue weighted by Gasteiger charge is -2.07. The lowest BCUT2D eigenvalue weighted by Crippen LogP contribution is -2.26. The molecular weight excluding hydrogens is 242 g/mol. The summed E-state index contributed by atoms with van der Waals surface area (Å²) in [7, 11) is 0. The summed E-state index contributed by atoms with van der Waals surface area (Å²) in [6.07, 6.45) is 3.08. The van der Waals surface area contributed by atoms with Gasteiger partial charge in [-0.05, 0) is 12.1 Å². The molecule has 0 aliphatic carbocycles. The summed E-state index contributed by atoms with van der Waals surface area (Å²) in [6, 6.07) is 2.01. The van der Waals surface area contributed by atoms with Crippen molar-refractivity contribution in [2.75, 3.05) is 5.73 Å². The molecule has 1 aromatic heterocycles. The number of nitrogens with zero attached hydrogens (tertiary/aromatic N) is 1. The third-order valence-corrected chi connectivity index (χ3v) is 2.32. The second-order valence-corrected chi connectivity index (χ2v) is 3.54. The van der Waals surface area contributed by atoms with Crippen molar-refractivity contribution in [3.63, 3.8) is 0 Å². The Hall–Kier alpha value is -2.44. The Morgan fingerprint density at radius 1 is 1.44 bits per heavy atom. The molecule has 0 aliphatic rings. The molecule has 2 aromatic rings. The van der Waals surface area contributed by atoms with Crippen LogP contribution in [0, 0.1) is 11.6 Å². The van der Waals surface area contributed by atoms with Crippen LogP contribution in [0.5, 0.6) is 0 Å². The van der Waals surface area contributed by atoms with Gasteiger partial charge in [-0.3, -0.25) is 4.79 Å². The van der Waals surface area contributed by atoms with E-state index in [9.17, 15) is 13.6 Å². The first-order chi connectivity index (χ1) is 8.59. The Balaban J connectivity index is 2.16. The summed E-state index contributed by atoms with van der Waals surface area (Å²) >= 11 is 0. The second kappa shape index (κ2) is 4.82. The van der Waals surface area contributed by atoms with E-state index in [2.05, 4.69) is 15.3 Å². The Labute approximate surface area is 101 Å². The molecule has 0 atom stereocenters. The fraction of sp³-hybridized carbons (Fsp3) is 0.0909. The fourth-order valence-electron chi connectivity index (χ4n) is 1.42.